The van der Waals surface area contributed by atoms with Gasteiger partial charge in [0, 0.05) is 11.1 Å². The van der Waals surface area contributed by atoms with E-state index in [1.807, 2.05) is 0 Å². The lowest BCUT2D eigenvalue weighted by molar-refractivity contribution is -0.139. The topological polar surface area (TPSA) is 104 Å². The molecule has 2 unspecified atom stereocenters. The number of carboxylic acid groups (broad SMARTS) is 1. The van der Waals surface area contributed by atoms with Crippen LogP contribution in [0.1, 0.15) is 61.1 Å². The van der Waals surface area contributed by atoms with Crippen molar-refractivity contribution in [1.29, 1.82) is 0 Å². The van der Waals surface area contributed by atoms with Crippen molar-refractivity contribution in [3.8, 4) is 0 Å². The summed E-state index contributed by atoms with van der Waals surface area (Å²) >= 11 is 0. The van der Waals surface area contributed by atoms with Gasteiger partial charge in [-0.05, 0) is 61.2 Å². The van der Waals surface area contributed by atoms with Gasteiger partial charge in [-0.1, -0.05) is 19.3 Å². The third kappa shape index (κ3) is 3.59. The van der Waals surface area contributed by atoms with Crippen LogP contribution in [-0.2, 0) is 16.8 Å². The van der Waals surface area contributed by atoms with Crippen molar-refractivity contribution in [2.45, 2.75) is 62.7 Å². The van der Waals surface area contributed by atoms with Crippen molar-refractivity contribution < 1.29 is 24.3 Å². The fourth-order valence-electron chi connectivity index (χ4n) is 4.57. The van der Waals surface area contributed by atoms with Crippen LogP contribution in [0, 0.1) is 11.7 Å². The minimum Gasteiger partial charge on any atom is -0.481 e. The van der Waals surface area contributed by atoms with Crippen LogP contribution in [0.25, 0.3) is 0 Å². The Labute approximate surface area is 147 Å². The van der Waals surface area contributed by atoms with Gasteiger partial charge in [-0.2, -0.15) is 0 Å². The average Bonchev–Trinajstić information content (AvgIpc) is 3.10. The first-order chi connectivity index (χ1) is 11.8. The number of benzene rings is 1. The standard InChI is InChI=1S/C18H25BFNO4/c20-15-9-12-8-11(4-3-7-19(24)25)16(17(22)23)13(12)10-14(15)18(21)5-1-2-6-18/h9-11,16,24-25H,1-8,21H2,(H,22,23). The van der Waals surface area contributed by atoms with E-state index in [4.69, 9.17) is 15.8 Å². The summed E-state index contributed by atoms with van der Waals surface area (Å²) < 4.78 is 14.7. The van der Waals surface area contributed by atoms with Crippen LogP contribution < -0.4 is 5.73 Å². The number of hydrogen-bond acceptors (Lipinski definition) is 4. The normalized spacial score (nSPS) is 24.3. The van der Waals surface area contributed by atoms with Gasteiger partial charge in [0.2, 0.25) is 0 Å². The van der Waals surface area contributed by atoms with Crippen molar-refractivity contribution in [3.05, 3.63) is 34.6 Å². The second-order valence-corrected chi connectivity index (χ2v) is 7.59. The SMILES string of the molecule is NC1(c2cc3c(cc2F)CC(CCCB(O)O)C3C(=O)O)CCCC1. The number of carboxylic acids is 1. The molecule has 1 saturated carbocycles. The van der Waals surface area contributed by atoms with Gasteiger partial charge in [0.05, 0.1) is 5.92 Å². The minimum atomic E-state index is -1.38. The van der Waals surface area contributed by atoms with Gasteiger partial charge in [-0.3, -0.25) is 4.79 Å². The maximum absolute atomic E-state index is 14.7. The number of aliphatic carboxylic acids is 1. The van der Waals surface area contributed by atoms with Gasteiger partial charge >= 0.3 is 13.1 Å². The van der Waals surface area contributed by atoms with E-state index in [1.54, 1.807) is 6.07 Å². The van der Waals surface area contributed by atoms with Crippen molar-refractivity contribution in [1.82, 2.24) is 0 Å². The fourth-order valence-corrected chi connectivity index (χ4v) is 4.57. The molecule has 1 fully saturated rings. The first-order valence-electron chi connectivity index (χ1n) is 9.02. The molecule has 0 heterocycles. The Kier molecular flexibility index (Phi) is 5.18. The molecule has 2 aliphatic carbocycles. The van der Waals surface area contributed by atoms with E-state index in [1.165, 1.54) is 6.07 Å². The molecular weight excluding hydrogens is 324 g/mol. The van der Waals surface area contributed by atoms with Gasteiger partial charge in [0.15, 0.2) is 0 Å². The van der Waals surface area contributed by atoms with Crippen LogP contribution in [0.5, 0.6) is 0 Å². The van der Waals surface area contributed by atoms with E-state index in [0.29, 0.717) is 30.4 Å². The summed E-state index contributed by atoms with van der Waals surface area (Å²) in [4.78, 5) is 11.8. The van der Waals surface area contributed by atoms with Gasteiger partial charge in [-0.25, -0.2) is 4.39 Å². The van der Waals surface area contributed by atoms with Gasteiger partial charge in [-0.15, -0.1) is 0 Å². The molecule has 136 valence electrons. The second kappa shape index (κ2) is 7.06. The van der Waals surface area contributed by atoms with Crippen molar-refractivity contribution in [3.63, 3.8) is 0 Å². The van der Waals surface area contributed by atoms with E-state index in [0.717, 1.165) is 31.2 Å². The van der Waals surface area contributed by atoms with Crippen LogP contribution in [0.2, 0.25) is 6.32 Å². The van der Waals surface area contributed by atoms with Crippen LogP contribution in [0.4, 0.5) is 4.39 Å². The summed E-state index contributed by atoms with van der Waals surface area (Å²) in [6, 6.07) is 3.16. The highest BCUT2D eigenvalue weighted by Crippen LogP contribution is 2.45. The molecule has 2 atom stereocenters. The molecule has 1 aromatic carbocycles. The molecule has 0 aromatic heterocycles. The number of rotatable bonds is 6. The monoisotopic (exact) mass is 349 g/mol. The Morgan fingerprint density at radius 2 is 2.00 bits per heavy atom. The van der Waals surface area contributed by atoms with Gasteiger partial charge in [0.1, 0.15) is 5.82 Å². The lowest BCUT2D eigenvalue weighted by Crippen LogP contribution is -2.34. The summed E-state index contributed by atoms with van der Waals surface area (Å²) in [5.41, 5.74) is 7.57. The van der Waals surface area contributed by atoms with E-state index < -0.39 is 24.5 Å². The Balaban J connectivity index is 1.89. The van der Waals surface area contributed by atoms with Crippen LogP contribution in [0.3, 0.4) is 0 Å². The summed E-state index contributed by atoms with van der Waals surface area (Å²) in [5.74, 6) is -2.09. The maximum Gasteiger partial charge on any atom is 0.451 e. The zero-order valence-electron chi connectivity index (χ0n) is 14.2. The average molecular weight is 349 g/mol. The maximum atomic E-state index is 14.7. The zero-order valence-corrected chi connectivity index (χ0v) is 14.2. The fraction of sp³-hybridized carbons (Fsp3) is 0.611. The summed E-state index contributed by atoms with van der Waals surface area (Å²) in [7, 11) is -1.38. The molecule has 0 bridgehead atoms. The number of hydrogen-bond donors (Lipinski definition) is 4. The highest BCUT2D eigenvalue weighted by Gasteiger charge is 2.41. The Morgan fingerprint density at radius 1 is 1.32 bits per heavy atom. The predicted molar refractivity (Wildman–Crippen MR) is 92.5 cm³/mol. The molecule has 0 saturated heterocycles. The second-order valence-electron chi connectivity index (χ2n) is 7.59. The smallest absolute Gasteiger partial charge is 0.451 e. The Bertz CT molecular complexity index is 661. The molecule has 0 radical (unpaired) electrons. The molecule has 0 spiro atoms. The van der Waals surface area contributed by atoms with Crippen molar-refractivity contribution >= 4 is 13.1 Å². The highest BCUT2D eigenvalue weighted by atomic mass is 19.1. The largest absolute Gasteiger partial charge is 0.481 e. The summed E-state index contributed by atoms with van der Waals surface area (Å²) in [6.07, 6.45) is 5.16. The molecule has 5 nitrogen and oxygen atoms in total. The molecule has 2 aliphatic rings. The van der Waals surface area contributed by atoms with E-state index in [9.17, 15) is 14.3 Å². The Morgan fingerprint density at radius 3 is 2.60 bits per heavy atom. The molecule has 25 heavy (non-hydrogen) atoms. The van der Waals surface area contributed by atoms with Gasteiger partial charge in [0.25, 0.3) is 0 Å². The third-order valence-corrected chi connectivity index (χ3v) is 5.85. The lowest BCUT2D eigenvalue weighted by Gasteiger charge is -2.26. The molecule has 0 amide bonds. The highest BCUT2D eigenvalue weighted by molar-refractivity contribution is 6.40. The van der Waals surface area contributed by atoms with E-state index in [2.05, 4.69) is 0 Å². The van der Waals surface area contributed by atoms with E-state index in [-0.39, 0.29) is 18.1 Å². The van der Waals surface area contributed by atoms with Crippen LogP contribution in [-0.4, -0.2) is 28.2 Å². The van der Waals surface area contributed by atoms with E-state index >= 15 is 0 Å². The third-order valence-electron chi connectivity index (χ3n) is 5.85. The van der Waals surface area contributed by atoms with Crippen LogP contribution >= 0.6 is 0 Å². The molecular formula is C18H25BFNO4. The zero-order chi connectivity index (χ0) is 18.2. The number of halogens is 1. The molecule has 5 N–H and O–H groups in total. The van der Waals surface area contributed by atoms with Crippen molar-refractivity contribution in [2.24, 2.45) is 11.7 Å². The number of fused-ring (bicyclic) bond motifs is 1. The molecule has 0 aliphatic heterocycles. The lowest BCUT2D eigenvalue weighted by atomic mass is 9.80. The number of nitrogens with two attached hydrogens (primary N) is 1. The summed E-state index contributed by atoms with van der Waals surface area (Å²) in [6.45, 7) is 0. The Hall–Kier alpha value is -1.44. The first-order valence-corrected chi connectivity index (χ1v) is 9.02. The predicted octanol–water partition coefficient (Wildman–Crippen LogP) is 2.15. The minimum absolute atomic E-state index is 0.154. The van der Waals surface area contributed by atoms with Crippen molar-refractivity contribution in [2.75, 3.05) is 0 Å². The molecule has 3 rings (SSSR count). The van der Waals surface area contributed by atoms with Crippen LogP contribution in [0.15, 0.2) is 12.1 Å². The summed E-state index contributed by atoms with van der Waals surface area (Å²) in [5, 5.41) is 27.7. The number of carbonyl (C=O) groups is 1. The molecule has 1 aromatic rings. The first kappa shape index (κ1) is 18.4. The van der Waals surface area contributed by atoms with Gasteiger partial charge < -0.3 is 20.9 Å². The quantitative estimate of drug-likeness (QED) is 0.589. The molecule has 7 heteroatoms.